The van der Waals surface area contributed by atoms with Crippen molar-refractivity contribution in [3.8, 4) is 0 Å². The van der Waals surface area contributed by atoms with Crippen LogP contribution in [0.15, 0.2) is 53.5 Å². The van der Waals surface area contributed by atoms with Crippen molar-refractivity contribution in [3.63, 3.8) is 0 Å². The van der Waals surface area contributed by atoms with E-state index < -0.39 is 17.6 Å². The first kappa shape index (κ1) is 26.1. The Morgan fingerprint density at radius 2 is 2.06 bits per heavy atom. The largest absolute Gasteiger partial charge is 0.383 e. The predicted molar refractivity (Wildman–Crippen MR) is 132 cm³/mol. The molecule has 0 aliphatic heterocycles. The first-order chi connectivity index (χ1) is 16.8. The smallest absolute Gasteiger partial charge is 0.314 e. The molecule has 0 saturated heterocycles. The van der Waals surface area contributed by atoms with Crippen LogP contribution in [-0.2, 0) is 16.1 Å². The topological polar surface area (TPSA) is 119 Å². The molecule has 3 N–H and O–H groups in total. The van der Waals surface area contributed by atoms with Crippen LogP contribution < -0.4 is 11.1 Å². The minimum absolute atomic E-state index is 0.00398. The number of allylic oxidation sites excluding steroid dienone is 2. The Kier molecular flexibility index (Phi) is 8.77. The van der Waals surface area contributed by atoms with Gasteiger partial charge in [0.05, 0.1) is 41.9 Å². The van der Waals surface area contributed by atoms with Crippen molar-refractivity contribution >= 4 is 58.2 Å². The van der Waals surface area contributed by atoms with Gasteiger partial charge in [0, 0.05) is 11.6 Å². The molecule has 0 saturated carbocycles. The highest BCUT2D eigenvalue weighted by Gasteiger charge is 2.26. The van der Waals surface area contributed by atoms with Gasteiger partial charge in [-0.05, 0) is 31.1 Å². The van der Waals surface area contributed by atoms with Crippen molar-refractivity contribution in [1.29, 1.82) is 0 Å². The predicted octanol–water partition coefficient (Wildman–Crippen LogP) is 4.37. The van der Waals surface area contributed by atoms with Crippen LogP contribution in [0.1, 0.15) is 26.0 Å². The number of pyridine rings is 2. The minimum atomic E-state index is -1.01. The maximum absolute atomic E-state index is 13.3. The van der Waals surface area contributed by atoms with E-state index in [2.05, 4.69) is 20.4 Å². The average Bonchev–Trinajstić information content (AvgIpc) is 3.30. The van der Waals surface area contributed by atoms with Crippen LogP contribution >= 0.6 is 23.9 Å². The first-order valence-corrected chi connectivity index (χ1v) is 11.5. The van der Waals surface area contributed by atoms with E-state index in [4.69, 9.17) is 17.3 Å². The fourth-order valence-corrected chi connectivity index (χ4v) is 3.75. The van der Waals surface area contributed by atoms with Crippen LogP contribution in [0.3, 0.4) is 0 Å². The number of carbonyl (C=O) groups excluding carboxylic acids is 2. The van der Waals surface area contributed by atoms with E-state index in [1.165, 1.54) is 29.4 Å². The number of hydrogen-bond donors (Lipinski definition) is 2. The molecule has 2 amide bonds. The molecule has 13 heteroatoms. The van der Waals surface area contributed by atoms with E-state index in [0.29, 0.717) is 28.1 Å². The highest BCUT2D eigenvalue weighted by Crippen LogP contribution is 2.29. The van der Waals surface area contributed by atoms with Crippen molar-refractivity contribution in [2.24, 2.45) is 0 Å². The summed E-state index contributed by atoms with van der Waals surface area (Å²) in [4.78, 5) is 35.4. The molecular weight excluding hydrogens is 500 g/mol. The summed E-state index contributed by atoms with van der Waals surface area (Å²) in [6.45, 7) is 3.56. The van der Waals surface area contributed by atoms with Crippen LogP contribution in [-0.4, -0.2) is 42.4 Å². The van der Waals surface area contributed by atoms with Gasteiger partial charge in [-0.2, -0.15) is 9.19 Å². The molecule has 0 aliphatic rings. The monoisotopic (exact) mass is 521 g/mol. The van der Waals surface area contributed by atoms with Crippen molar-refractivity contribution in [2.75, 3.05) is 17.6 Å². The number of halogens is 3. The Labute approximate surface area is 209 Å². The molecule has 3 aromatic heterocycles. The summed E-state index contributed by atoms with van der Waals surface area (Å²) in [7, 11) is 0. The quantitative estimate of drug-likeness (QED) is 0.333. The highest BCUT2D eigenvalue weighted by molar-refractivity contribution is 7.92. The summed E-state index contributed by atoms with van der Waals surface area (Å²) in [5, 5.41) is 7.03. The number of hydrogen-bond acceptors (Lipinski definition) is 7. The van der Waals surface area contributed by atoms with Gasteiger partial charge in [-0.25, -0.2) is 9.37 Å². The van der Waals surface area contributed by atoms with E-state index in [0.717, 1.165) is 10.3 Å². The van der Waals surface area contributed by atoms with Crippen LogP contribution in [0, 0.1) is 5.82 Å². The lowest BCUT2D eigenvalue weighted by Crippen LogP contribution is -2.40. The zero-order valence-corrected chi connectivity index (χ0v) is 20.4. The zero-order valence-electron chi connectivity index (χ0n) is 18.8. The number of anilines is 2. The van der Waals surface area contributed by atoms with Gasteiger partial charge in [0.15, 0.2) is 12.3 Å². The number of rotatable bonds is 8. The lowest BCUT2D eigenvalue weighted by Gasteiger charge is -2.23. The van der Waals surface area contributed by atoms with Gasteiger partial charge >= 0.3 is 11.8 Å². The van der Waals surface area contributed by atoms with Gasteiger partial charge in [-0.15, -0.1) is 3.89 Å². The van der Waals surface area contributed by atoms with Crippen molar-refractivity contribution in [1.82, 2.24) is 24.1 Å². The Morgan fingerprint density at radius 1 is 1.29 bits per heavy atom. The lowest BCUT2D eigenvalue weighted by atomic mass is 10.1. The van der Waals surface area contributed by atoms with Crippen molar-refractivity contribution in [3.05, 3.63) is 65.0 Å². The van der Waals surface area contributed by atoms with Crippen LogP contribution in [0.5, 0.6) is 0 Å². The first-order valence-electron chi connectivity index (χ1n) is 10.4. The van der Waals surface area contributed by atoms with E-state index in [-0.39, 0.29) is 42.4 Å². The van der Waals surface area contributed by atoms with Crippen LogP contribution in [0.4, 0.5) is 19.8 Å². The average molecular weight is 522 g/mol. The molecule has 0 aliphatic carbocycles. The number of amides is 2. The van der Waals surface area contributed by atoms with Gasteiger partial charge in [0.2, 0.25) is 0 Å². The molecule has 35 heavy (non-hydrogen) atoms. The van der Waals surface area contributed by atoms with Gasteiger partial charge in [0.1, 0.15) is 17.2 Å². The fourth-order valence-electron chi connectivity index (χ4n) is 3.27. The molecule has 0 spiro atoms. The second-order valence-electron chi connectivity index (χ2n) is 7.26. The normalized spacial score (nSPS) is 12.1. The van der Waals surface area contributed by atoms with Gasteiger partial charge in [0.25, 0.3) is 0 Å². The molecule has 0 radical (unpaired) electrons. The number of carbonyl (C=O) groups is 2. The second-order valence-corrected chi connectivity index (χ2v) is 8.15. The summed E-state index contributed by atoms with van der Waals surface area (Å²) < 4.78 is 27.6. The summed E-state index contributed by atoms with van der Waals surface area (Å²) in [5.74, 6) is -2.37. The summed E-state index contributed by atoms with van der Waals surface area (Å²) in [6, 6.07) is 2.62. The standard InChI is InChI=1S/C22H22ClF2N7O2S/c1-3-5-13(17(23)4-2)11-31(12-15-7-6-14(24)8-27-15)22(34)21(33)30-18-10-28-20(26)16-9-29-32(35-25)19(16)18/h4-10H,3,11-12H2,1-2H3,(H2,26,28)(H,30,33)/b13-5-,17-4+. The van der Waals surface area contributed by atoms with E-state index in [1.54, 1.807) is 13.0 Å². The summed E-state index contributed by atoms with van der Waals surface area (Å²) in [6.07, 6.45) is 7.68. The van der Waals surface area contributed by atoms with E-state index >= 15 is 0 Å². The van der Waals surface area contributed by atoms with Gasteiger partial charge in [-0.3, -0.25) is 14.6 Å². The molecule has 0 unspecified atom stereocenters. The Hall–Kier alpha value is -3.51. The molecule has 0 atom stereocenters. The third kappa shape index (κ3) is 6.14. The third-order valence-corrected chi connectivity index (χ3v) is 5.78. The number of nitrogens with zero attached hydrogens (tertiary/aromatic N) is 5. The Morgan fingerprint density at radius 3 is 2.69 bits per heavy atom. The molecule has 0 bridgehead atoms. The second kappa shape index (κ2) is 11.8. The molecule has 184 valence electrons. The van der Waals surface area contributed by atoms with Gasteiger partial charge in [-0.1, -0.05) is 30.7 Å². The number of aromatic nitrogens is 4. The van der Waals surface area contributed by atoms with Crippen LogP contribution in [0.2, 0.25) is 0 Å². The molecule has 9 nitrogen and oxygen atoms in total. The number of nitrogens with one attached hydrogen (secondary N) is 1. The van der Waals surface area contributed by atoms with Gasteiger partial charge < -0.3 is 16.0 Å². The zero-order chi connectivity index (χ0) is 25.5. The maximum Gasteiger partial charge on any atom is 0.314 e. The number of nitrogen functional groups attached to an aromatic ring is 1. The fraction of sp³-hybridized carbons (Fsp3) is 0.227. The third-order valence-electron chi connectivity index (χ3n) is 4.91. The Bertz CT molecular complexity index is 1290. The molecular formula is C22H22ClF2N7O2S. The SMILES string of the molecule is C/C=C(Cl)\C(=C/CC)CN(Cc1ccc(F)cn1)C(=O)C(=O)Nc1cnc(N)c2cnn(SF)c12. The highest BCUT2D eigenvalue weighted by atomic mass is 35.5. The van der Waals surface area contributed by atoms with Crippen molar-refractivity contribution in [2.45, 2.75) is 26.8 Å². The van der Waals surface area contributed by atoms with Crippen molar-refractivity contribution < 1.29 is 17.9 Å². The molecule has 0 fully saturated rings. The van der Waals surface area contributed by atoms with Crippen LogP contribution in [0.25, 0.3) is 10.9 Å². The maximum atomic E-state index is 13.3. The summed E-state index contributed by atoms with van der Waals surface area (Å²) in [5.41, 5.74) is 7.01. The molecule has 3 heterocycles. The number of nitrogens with two attached hydrogens (primary N) is 1. The molecule has 3 aromatic rings. The lowest BCUT2D eigenvalue weighted by molar-refractivity contribution is -0.143. The number of fused-ring (bicyclic) bond motifs is 1. The minimum Gasteiger partial charge on any atom is -0.383 e. The molecule has 3 rings (SSSR count). The molecule has 0 aromatic carbocycles. The summed E-state index contributed by atoms with van der Waals surface area (Å²) >= 11 is 6.11. The van der Waals surface area contributed by atoms with E-state index in [9.17, 15) is 17.9 Å². The Balaban J connectivity index is 1.93. The van der Waals surface area contributed by atoms with E-state index in [1.807, 2.05) is 13.0 Å².